The lowest BCUT2D eigenvalue weighted by atomic mass is 10.1. The van der Waals surface area contributed by atoms with Crippen LogP contribution in [0.4, 0.5) is 16.2 Å². The Morgan fingerprint density at radius 2 is 1.77 bits per heavy atom. The average Bonchev–Trinajstić information content (AvgIpc) is 3.09. The molecule has 2 N–H and O–H groups in total. The molecule has 1 atom stereocenters. The number of benzene rings is 3. The molecule has 1 aliphatic heterocycles. The Hall–Kier alpha value is -3.12. The molecule has 3 aromatic carbocycles. The zero-order valence-corrected chi connectivity index (χ0v) is 18.1. The van der Waals surface area contributed by atoms with Crippen LogP contribution in [-0.4, -0.2) is 18.0 Å². The van der Waals surface area contributed by atoms with Crippen LogP contribution in [0.2, 0.25) is 0 Å². The number of halogens is 1. The Labute approximate surface area is 184 Å². The van der Waals surface area contributed by atoms with Crippen molar-refractivity contribution in [1.82, 2.24) is 5.32 Å². The van der Waals surface area contributed by atoms with E-state index in [4.69, 9.17) is 0 Å². The molecule has 0 fully saturated rings. The van der Waals surface area contributed by atoms with Gasteiger partial charge in [0.2, 0.25) is 0 Å². The van der Waals surface area contributed by atoms with Crippen LogP contribution in [-0.2, 0) is 13.0 Å². The lowest BCUT2D eigenvalue weighted by molar-refractivity contribution is 0.0981. The summed E-state index contributed by atoms with van der Waals surface area (Å²) in [5.41, 5.74) is 4.41. The molecule has 1 aliphatic rings. The molecule has 5 nitrogen and oxygen atoms in total. The number of urea groups is 1. The second-order valence-corrected chi connectivity index (χ2v) is 8.29. The normalized spacial score (nSPS) is 14.9. The summed E-state index contributed by atoms with van der Waals surface area (Å²) in [7, 11) is 0. The van der Waals surface area contributed by atoms with Gasteiger partial charge in [-0.3, -0.25) is 4.79 Å². The molecule has 30 heavy (non-hydrogen) atoms. The fraction of sp³-hybridized carbons (Fsp3) is 0.167. The van der Waals surface area contributed by atoms with Gasteiger partial charge < -0.3 is 15.5 Å². The van der Waals surface area contributed by atoms with Crippen LogP contribution in [0.1, 0.15) is 28.4 Å². The van der Waals surface area contributed by atoms with Crippen molar-refractivity contribution in [2.45, 2.75) is 25.9 Å². The van der Waals surface area contributed by atoms with Crippen molar-refractivity contribution in [3.8, 4) is 0 Å². The molecule has 4 rings (SSSR count). The SMILES string of the molecule is CC1Cc2ccc(CNC(=O)Nc3ccc(Br)cc3)cc2N1C(=O)c1ccccc1. The Bertz CT molecular complexity index is 1070. The number of nitrogens with zero attached hydrogens (tertiary/aromatic N) is 1. The first-order valence-corrected chi connectivity index (χ1v) is 10.6. The van der Waals surface area contributed by atoms with E-state index >= 15 is 0 Å². The number of nitrogens with one attached hydrogen (secondary N) is 2. The van der Waals surface area contributed by atoms with Gasteiger partial charge in [0.1, 0.15) is 0 Å². The molecule has 1 heterocycles. The number of carbonyl (C=O) groups excluding carboxylic acids is 2. The fourth-order valence-corrected chi connectivity index (χ4v) is 3.95. The van der Waals surface area contributed by atoms with Gasteiger partial charge in [-0.1, -0.05) is 46.3 Å². The second kappa shape index (κ2) is 8.71. The lowest BCUT2D eigenvalue weighted by Gasteiger charge is -2.23. The summed E-state index contributed by atoms with van der Waals surface area (Å²) in [6.07, 6.45) is 0.825. The summed E-state index contributed by atoms with van der Waals surface area (Å²) in [5, 5.41) is 5.69. The maximum atomic E-state index is 13.1. The van der Waals surface area contributed by atoms with Gasteiger partial charge >= 0.3 is 6.03 Å². The Balaban J connectivity index is 1.45. The van der Waals surface area contributed by atoms with E-state index in [1.54, 1.807) is 0 Å². The minimum Gasteiger partial charge on any atom is -0.334 e. The van der Waals surface area contributed by atoms with Crippen LogP contribution in [0.5, 0.6) is 0 Å². The average molecular weight is 464 g/mol. The van der Waals surface area contributed by atoms with Crippen molar-refractivity contribution < 1.29 is 9.59 Å². The van der Waals surface area contributed by atoms with E-state index in [1.807, 2.05) is 77.7 Å². The fourth-order valence-electron chi connectivity index (χ4n) is 3.68. The van der Waals surface area contributed by atoms with Crippen LogP contribution in [0.3, 0.4) is 0 Å². The van der Waals surface area contributed by atoms with Gasteiger partial charge in [0.05, 0.1) is 0 Å². The highest BCUT2D eigenvalue weighted by Crippen LogP contribution is 2.34. The highest BCUT2D eigenvalue weighted by atomic mass is 79.9. The summed E-state index contributed by atoms with van der Waals surface area (Å²) in [5.74, 6) is -0.0000550. The summed E-state index contributed by atoms with van der Waals surface area (Å²) in [6, 6.07) is 22.6. The molecule has 0 spiro atoms. The number of fused-ring (bicyclic) bond motifs is 1. The highest BCUT2D eigenvalue weighted by Gasteiger charge is 2.31. The molecule has 0 aliphatic carbocycles. The molecule has 0 radical (unpaired) electrons. The molecule has 3 amide bonds. The van der Waals surface area contributed by atoms with Crippen LogP contribution < -0.4 is 15.5 Å². The van der Waals surface area contributed by atoms with Crippen LogP contribution in [0, 0.1) is 0 Å². The first-order valence-electron chi connectivity index (χ1n) is 9.82. The number of carbonyl (C=O) groups is 2. The van der Waals surface area contributed by atoms with E-state index in [2.05, 4.69) is 33.5 Å². The third-order valence-electron chi connectivity index (χ3n) is 5.16. The molecule has 0 bridgehead atoms. The zero-order chi connectivity index (χ0) is 21.1. The molecular formula is C24H22BrN3O2. The molecule has 0 saturated heterocycles. The van der Waals surface area contributed by atoms with Gasteiger partial charge in [-0.05, 0) is 66.9 Å². The quantitative estimate of drug-likeness (QED) is 0.546. The van der Waals surface area contributed by atoms with E-state index in [0.717, 1.165) is 33.4 Å². The van der Waals surface area contributed by atoms with E-state index in [-0.39, 0.29) is 18.0 Å². The van der Waals surface area contributed by atoms with Crippen molar-refractivity contribution in [1.29, 1.82) is 0 Å². The Morgan fingerprint density at radius 1 is 1.03 bits per heavy atom. The largest absolute Gasteiger partial charge is 0.334 e. The molecule has 1 unspecified atom stereocenters. The predicted molar refractivity (Wildman–Crippen MR) is 123 cm³/mol. The monoisotopic (exact) mass is 463 g/mol. The molecule has 0 aromatic heterocycles. The van der Waals surface area contributed by atoms with Gasteiger partial charge in [0.15, 0.2) is 0 Å². The minimum atomic E-state index is -0.275. The molecule has 152 valence electrons. The first-order chi connectivity index (χ1) is 14.5. The van der Waals surface area contributed by atoms with E-state index in [9.17, 15) is 9.59 Å². The minimum absolute atomic E-state index is 0.0000550. The zero-order valence-electron chi connectivity index (χ0n) is 16.6. The summed E-state index contributed by atoms with van der Waals surface area (Å²) in [4.78, 5) is 27.1. The number of rotatable bonds is 4. The smallest absolute Gasteiger partial charge is 0.319 e. The lowest BCUT2D eigenvalue weighted by Crippen LogP contribution is -2.35. The number of hydrogen-bond donors (Lipinski definition) is 2. The van der Waals surface area contributed by atoms with Crippen LogP contribution in [0.15, 0.2) is 77.3 Å². The molecule has 3 aromatic rings. The summed E-state index contributed by atoms with van der Waals surface area (Å²) in [6.45, 7) is 2.43. The Morgan fingerprint density at radius 3 is 2.50 bits per heavy atom. The van der Waals surface area contributed by atoms with Crippen molar-refractivity contribution in [3.63, 3.8) is 0 Å². The van der Waals surface area contributed by atoms with Gasteiger partial charge in [-0.25, -0.2) is 4.79 Å². The number of hydrogen-bond acceptors (Lipinski definition) is 2. The summed E-state index contributed by atoms with van der Waals surface area (Å²) >= 11 is 3.38. The first kappa shape index (κ1) is 20.2. The number of amides is 3. The van der Waals surface area contributed by atoms with E-state index < -0.39 is 0 Å². The maximum absolute atomic E-state index is 13.1. The van der Waals surface area contributed by atoms with Gasteiger partial charge in [0.25, 0.3) is 5.91 Å². The predicted octanol–water partition coefficient (Wildman–Crippen LogP) is 5.36. The standard InChI is InChI=1S/C24H22BrN3O2/c1-16-13-19-8-7-17(15-26-24(30)27-21-11-9-20(25)10-12-21)14-22(19)28(16)23(29)18-5-3-2-4-6-18/h2-12,14,16H,13,15H2,1H3,(H2,26,27,30). The number of anilines is 2. The molecular weight excluding hydrogens is 442 g/mol. The van der Waals surface area contributed by atoms with Crippen molar-refractivity contribution >= 4 is 39.2 Å². The van der Waals surface area contributed by atoms with Crippen molar-refractivity contribution in [3.05, 3.63) is 94.0 Å². The third kappa shape index (κ3) is 4.39. The third-order valence-corrected chi connectivity index (χ3v) is 5.69. The van der Waals surface area contributed by atoms with Gasteiger partial charge in [-0.15, -0.1) is 0 Å². The summed E-state index contributed by atoms with van der Waals surface area (Å²) < 4.78 is 0.954. The van der Waals surface area contributed by atoms with Crippen molar-refractivity contribution in [2.24, 2.45) is 0 Å². The maximum Gasteiger partial charge on any atom is 0.319 e. The van der Waals surface area contributed by atoms with Gasteiger partial charge in [0, 0.05) is 34.0 Å². The second-order valence-electron chi connectivity index (χ2n) is 7.37. The molecule has 6 heteroatoms. The highest BCUT2D eigenvalue weighted by molar-refractivity contribution is 9.10. The van der Waals surface area contributed by atoms with Gasteiger partial charge in [-0.2, -0.15) is 0 Å². The van der Waals surface area contributed by atoms with Crippen LogP contribution >= 0.6 is 15.9 Å². The molecule has 0 saturated carbocycles. The van der Waals surface area contributed by atoms with Crippen LogP contribution in [0.25, 0.3) is 0 Å². The van der Waals surface area contributed by atoms with Crippen molar-refractivity contribution in [2.75, 3.05) is 10.2 Å². The topological polar surface area (TPSA) is 61.4 Å². The van der Waals surface area contributed by atoms with E-state index in [1.165, 1.54) is 0 Å². The van der Waals surface area contributed by atoms with E-state index in [0.29, 0.717) is 12.1 Å². The Kier molecular flexibility index (Phi) is 5.86.